The average Bonchev–Trinajstić information content (AvgIpc) is 3.18. The summed E-state index contributed by atoms with van der Waals surface area (Å²) in [5.41, 5.74) is 1.27. The molecule has 2 aromatic heterocycles. The molecule has 3 rings (SSSR count). The van der Waals surface area contributed by atoms with E-state index in [0.29, 0.717) is 5.69 Å². The first-order valence-electron chi connectivity index (χ1n) is 7.59. The van der Waals surface area contributed by atoms with E-state index in [0.717, 1.165) is 11.3 Å². The molecule has 0 radical (unpaired) electrons. The van der Waals surface area contributed by atoms with Gasteiger partial charge in [-0.1, -0.05) is 5.16 Å². The molecule has 8 heteroatoms. The molecule has 1 aromatic carbocycles. The normalized spacial score (nSPS) is 10.4. The topological polar surface area (TPSA) is 99.2 Å². The molecule has 1 N–H and O–H groups in total. The van der Waals surface area contributed by atoms with Gasteiger partial charge in [0.1, 0.15) is 5.75 Å². The van der Waals surface area contributed by atoms with E-state index < -0.39 is 5.91 Å². The van der Waals surface area contributed by atoms with Crippen molar-refractivity contribution in [3.63, 3.8) is 0 Å². The summed E-state index contributed by atoms with van der Waals surface area (Å²) in [6, 6.07) is 11.9. The zero-order chi connectivity index (χ0) is 17.6. The number of aromatic nitrogens is 3. The van der Waals surface area contributed by atoms with Crippen LogP contribution >= 0.6 is 0 Å². The number of rotatable bonds is 6. The Morgan fingerprint density at radius 3 is 2.68 bits per heavy atom. The summed E-state index contributed by atoms with van der Waals surface area (Å²) in [7, 11) is 1.60. The molecule has 8 nitrogen and oxygen atoms in total. The third-order valence-corrected chi connectivity index (χ3v) is 3.52. The molecule has 25 heavy (non-hydrogen) atoms. The maximum atomic E-state index is 11.9. The number of nitrogens with one attached hydrogen (secondary N) is 1. The van der Waals surface area contributed by atoms with E-state index in [1.54, 1.807) is 13.2 Å². The smallest absolute Gasteiger partial charge is 0.289 e. The second-order valence-electron chi connectivity index (χ2n) is 5.14. The number of methoxy groups -OCH3 is 1. The molecule has 0 aliphatic carbocycles. The highest BCUT2D eigenvalue weighted by Crippen LogP contribution is 2.19. The van der Waals surface area contributed by atoms with Crippen LogP contribution in [0.15, 0.2) is 58.0 Å². The average molecular weight is 340 g/mol. The minimum absolute atomic E-state index is 0.118. The van der Waals surface area contributed by atoms with Crippen molar-refractivity contribution in [3.8, 4) is 17.0 Å². The lowest BCUT2D eigenvalue weighted by Crippen LogP contribution is -2.31. The van der Waals surface area contributed by atoms with Gasteiger partial charge in [-0.25, -0.2) is 4.68 Å². The van der Waals surface area contributed by atoms with Crippen LogP contribution in [0.25, 0.3) is 11.3 Å². The zero-order valence-electron chi connectivity index (χ0n) is 13.5. The Labute approximate surface area is 143 Å². The van der Waals surface area contributed by atoms with Gasteiger partial charge in [0, 0.05) is 24.2 Å². The van der Waals surface area contributed by atoms with Crippen LogP contribution in [0.4, 0.5) is 0 Å². The number of carbonyl (C=O) groups excluding carboxylic acids is 1. The molecule has 0 aliphatic rings. The van der Waals surface area contributed by atoms with Crippen molar-refractivity contribution >= 4 is 5.91 Å². The Bertz CT molecular complexity index is 901. The lowest BCUT2D eigenvalue weighted by Gasteiger charge is -2.08. The second-order valence-corrected chi connectivity index (χ2v) is 5.14. The van der Waals surface area contributed by atoms with Gasteiger partial charge in [0.05, 0.1) is 25.5 Å². The van der Waals surface area contributed by atoms with Gasteiger partial charge >= 0.3 is 0 Å². The van der Waals surface area contributed by atoms with Crippen molar-refractivity contribution in [2.24, 2.45) is 0 Å². The number of benzene rings is 1. The quantitative estimate of drug-likeness (QED) is 0.727. The Balaban J connectivity index is 1.69. The molecule has 0 fully saturated rings. The van der Waals surface area contributed by atoms with Gasteiger partial charge in [0.25, 0.3) is 11.5 Å². The molecule has 0 saturated carbocycles. The minimum atomic E-state index is -0.392. The molecule has 3 aromatic rings. The van der Waals surface area contributed by atoms with Gasteiger partial charge in [-0.3, -0.25) is 9.59 Å². The number of ether oxygens (including phenoxy) is 1. The van der Waals surface area contributed by atoms with Gasteiger partial charge in [0.15, 0.2) is 0 Å². The first-order chi connectivity index (χ1) is 12.2. The lowest BCUT2D eigenvalue weighted by atomic mass is 10.1. The summed E-state index contributed by atoms with van der Waals surface area (Å²) in [6.07, 6.45) is 1.39. The van der Waals surface area contributed by atoms with E-state index in [2.05, 4.69) is 15.6 Å². The fourth-order valence-corrected chi connectivity index (χ4v) is 2.22. The second kappa shape index (κ2) is 7.43. The van der Waals surface area contributed by atoms with E-state index in [1.165, 1.54) is 23.0 Å². The third-order valence-electron chi connectivity index (χ3n) is 3.52. The molecule has 2 heterocycles. The summed E-state index contributed by atoms with van der Waals surface area (Å²) in [5.74, 6) is 0.469. The Kier molecular flexibility index (Phi) is 4.89. The number of carbonyl (C=O) groups is 1. The van der Waals surface area contributed by atoms with Crippen molar-refractivity contribution in [2.45, 2.75) is 6.54 Å². The van der Waals surface area contributed by atoms with Crippen LogP contribution in [0.1, 0.15) is 10.6 Å². The highest BCUT2D eigenvalue weighted by Gasteiger charge is 2.09. The molecule has 0 unspecified atom stereocenters. The zero-order valence-corrected chi connectivity index (χ0v) is 13.5. The van der Waals surface area contributed by atoms with Crippen LogP contribution < -0.4 is 15.6 Å². The highest BCUT2D eigenvalue weighted by molar-refractivity contribution is 5.91. The number of hydrogen-bond acceptors (Lipinski definition) is 6. The number of hydrogen-bond donors (Lipinski definition) is 1. The van der Waals surface area contributed by atoms with Gasteiger partial charge in [0.2, 0.25) is 5.76 Å². The minimum Gasteiger partial charge on any atom is -0.497 e. The predicted molar refractivity (Wildman–Crippen MR) is 89.3 cm³/mol. The first-order valence-corrected chi connectivity index (χ1v) is 7.59. The summed E-state index contributed by atoms with van der Waals surface area (Å²) in [4.78, 5) is 23.7. The number of amides is 1. The largest absolute Gasteiger partial charge is 0.497 e. The van der Waals surface area contributed by atoms with Gasteiger partial charge in [-0.2, -0.15) is 5.10 Å². The molecular formula is C17H16N4O4. The summed E-state index contributed by atoms with van der Waals surface area (Å²) < 4.78 is 11.2. The van der Waals surface area contributed by atoms with Crippen molar-refractivity contribution < 1.29 is 14.1 Å². The van der Waals surface area contributed by atoms with Gasteiger partial charge in [-0.15, -0.1) is 0 Å². The van der Waals surface area contributed by atoms with Crippen molar-refractivity contribution in [1.29, 1.82) is 0 Å². The van der Waals surface area contributed by atoms with Gasteiger partial charge in [-0.05, 0) is 30.3 Å². The first kappa shape index (κ1) is 16.4. The highest BCUT2D eigenvalue weighted by atomic mass is 16.5. The Morgan fingerprint density at radius 2 is 2.00 bits per heavy atom. The molecule has 0 saturated heterocycles. The lowest BCUT2D eigenvalue weighted by molar-refractivity contribution is 0.0915. The monoisotopic (exact) mass is 340 g/mol. The van der Waals surface area contributed by atoms with E-state index in [1.807, 2.05) is 24.3 Å². The molecule has 0 bridgehead atoms. The Morgan fingerprint density at radius 1 is 1.20 bits per heavy atom. The van der Waals surface area contributed by atoms with E-state index >= 15 is 0 Å². The van der Waals surface area contributed by atoms with E-state index in [9.17, 15) is 9.59 Å². The maximum Gasteiger partial charge on any atom is 0.289 e. The number of nitrogens with zero attached hydrogens (tertiary/aromatic N) is 3. The van der Waals surface area contributed by atoms with Crippen LogP contribution in [0.5, 0.6) is 5.75 Å². The van der Waals surface area contributed by atoms with E-state index in [-0.39, 0.29) is 24.4 Å². The van der Waals surface area contributed by atoms with E-state index in [4.69, 9.17) is 9.26 Å². The maximum absolute atomic E-state index is 11.9. The van der Waals surface area contributed by atoms with Crippen LogP contribution in [0.2, 0.25) is 0 Å². The van der Waals surface area contributed by atoms with Crippen molar-refractivity contribution in [2.75, 3.05) is 13.7 Å². The summed E-state index contributed by atoms with van der Waals surface area (Å²) in [5, 5.41) is 10.4. The summed E-state index contributed by atoms with van der Waals surface area (Å²) >= 11 is 0. The van der Waals surface area contributed by atoms with Crippen LogP contribution in [0.3, 0.4) is 0 Å². The SMILES string of the molecule is COc1ccc(-c2ccc(=O)n(CCNC(=O)c3ccno3)n2)cc1. The van der Waals surface area contributed by atoms with Crippen molar-refractivity contribution in [3.05, 3.63) is 64.8 Å². The molecule has 1 amide bonds. The van der Waals surface area contributed by atoms with Gasteiger partial charge < -0.3 is 14.6 Å². The summed E-state index contributed by atoms with van der Waals surface area (Å²) in [6.45, 7) is 0.473. The standard InChI is InChI=1S/C17H16N4O4/c1-24-13-4-2-12(3-5-13)14-6-7-16(22)21(20-14)11-10-18-17(23)15-8-9-19-25-15/h2-9H,10-11H2,1H3,(H,18,23). The fourth-order valence-electron chi connectivity index (χ4n) is 2.22. The molecule has 128 valence electrons. The molecule has 0 aliphatic heterocycles. The van der Waals surface area contributed by atoms with Crippen LogP contribution in [0, 0.1) is 0 Å². The molecular weight excluding hydrogens is 324 g/mol. The molecule has 0 spiro atoms. The third kappa shape index (κ3) is 3.92. The van der Waals surface area contributed by atoms with Crippen LogP contribution in [-0.4, -0.2) is 34.5 Å². The molecule has 0 atom stereocenters. The Hall–Kier alpha value is -3.42. The fraction of sp³-hybridized carbons (Fsp3) is 0.176. The van der Waals surface area contributed by atoms with Crippen LogP contribution in [-0.2, 0) is 6.54 Å². The predicted octanol–water partition coefficient (Wildman–Crippen LogP) is 1.34. The van der Waals surface area contributed by atoms with Crippen molar-refractivity contribution in [1.82, 2.24) is 20.3 Å².